The number of benzene rings is 2. The summed E-state index contributed by atoms with van der Waals surface area (Å²) < 4.78 is 78.2. The Morgan fingerprint density at radius 3 is 1.93 bits per heavy atom. The highest BCUT2D eigenvalue weighted by Crippen LogP contribution is 2.38. The Morgan fingerprint density at radius 1 is 0.815 bits per heavy atom. The molecule has 0 unspecified atom stereocenters. The summed E-state index contributed by atoms with van der Waals surface area (Å²) in [6, 6.07) is 9.66. The van der Waals surface area contributed by atoms with Crippen LogP contribution in [-0.4, -0.2) is 4.98 Å². The topological polar surface area (TPSA) is 12.9 Å². The summed E-state index contributed by atoms with van der Waals surface area (Å²) in [5.41, 5.74) is -0.795. The Balaban J connectivity index is 2.17. The molecule has 2 aromatic carbocycles. The standard InChI is InChI=1S/C20H13F6N/c1-11(2)12-3-5-17-13(7-12)4-6-18(27-17)14-8-15(19(21,22)23)10-16(9-14)20(24,25)26/h3-10H,1H2,2H3. The second-order valence-corrected chi connectivity index (χ2v) is 6.18. The van der Waals surface area contributed by atoms with Crippen molar-refractivity contribution in [3.8, 4) is 11.3 Å². The summed E-state index contributed by atoms with van der Waals surface area (Å²) in [5, 5.41) is 0.710. The van der Waals surface area contributed by atoms with Crippen molar-refractivity contribution in [3.63, 3.8) is 0 Å². The minimum atomic E-state index is -4.90. The van der Waals surface area contributed by atoms with Crippen molar-refractivity contribution in [1.82, 2.24) is 4.98 Å². The molecule has 1 heterocycles. The van der Waals surface area contributed by atoms with Gasteiger partial charge in [0.25, 0.3) is 0 Å². The molecule has 0 amide bonds. The quantitative estimate of drug-likeness (QED) is 0.437. The van der Waals surface area contributed by atoms with Crippen LogP contribution in [0.1, 0.15) is 23.6 Å². The number of hydrogen-bond donors (Lipinski definition) is 0. The summed E-state index contributed by atoms with van der Waals surface area (Å²) in [6.07, 6.45) is -9.80. The summed E-state index contributed by atoms with van der Waals surface area (Å²) in [6.45, 7) is 5.65. The third-order valence-electron chi connectivity index (χ3n) is 4.07. The Hall–Kier alpha value is -2.83. The highest BCUT2D eigenvalue weighted by atomic mass is 19.4. The molecule has 1 nitrogen and oxygen atoms in total. The second-order valence-electron chi connectivity index (χ2n) is 6.18. The molecule has 1 aromatic heterocycles. The first-order valence-electron chi connectivity index (χ1n) is 7.82. The summed E-state index contributed by atoms with van der Waals surface area (Å²) in [5.74, 6) is 0. The molecule has 140 valence electrons. The van der Waals surface area contributed by atoms with E-state index in [4.69, 9.17) is 0 Å². The smallest absolute Gasteiger partial charge is 0.248 e. The lowest BCUT2D eigenvalue weighted by Crippen LogP contribution is -2.11. The number of halogens is 6. The molecular weight excluding hydrogens is 368 g/mol. The van der Waals surface area contributed by atoms with E-state index < -0.39 is 23.5 Å². The van der Waals surface area contributed by atoms with Crippen LogP contribution in [0.4, 0.5) is 26.3 Å². The number of hydrogen-bond acceptors (Lipinski definition) is 1. The van der Waals surface area contributed by atoms with Gasteiger partial charge >= 0.3 is 12.4 Å². The molecular formula is C20H13F6N. The van der Waals surface area contributed by atoms with E-state index in [1.54, 1.807) is 18.2 Å². The molecule has 0 saturated heterocycles. The molecule has 27 heavy (non-hydrogen) atoms. The predicted molar refractivity (Wildman–Crippen MR) is 91.9 cm³/mol. The van der Waals surface area contributed by atoms with Gasteiger partial charge in [-0.05, 0) is 48.9 Å². The van der Waals surface area contributed by atoms with Crippen molar-refractivity contribution in [1.29, 1.82) is 0 Å². The Morgan fingerprint density at radius 2 is 1.41 bits per heavy atom. The molecule has 3 aromatic rings. The Bertz CT molecular complexity index is 999. The van der Waals surface area contributed by atoms with Crippen molar-refractivity contribution >= 4 is 16.5 Å². The van der Waals surface area contributed by atoms with Crippen LogP contribution in [0, 0.1) is 0 Å². The van der Waals surface area contributed by atoms with Gasteiger partial charge in [-0.3, -0.25) is 0 Å². The van der Waals surface area contributed by atoms with Gasteiger partial charge in [0.05, 0.1) is 22.3 Å². The van der Waals surface area contributed by atoms with E-state index in [1.807, 2.05) is 13.0 Å². The summed E-state index contributed by atoms with van der Waals surface area (Å²) in [7, 11) is 0. The second kappa shape index (κ2) is 6.40. The van der Waals surface area contributed by atoms with E-state index in [9.17, 15) is 26.3 Å². The lowest BCUT2D eigenvalue weighted by Gasteiger charge is -2.14. The van der Waals surface area contributed by atoms with Gasteiger partial charge in [0, 0.05) is 10.9 Å². The van der Waals surface area contributed by atoms with Crippen molar-refractivity contribution in [2.24, 2.45) is 0 Å². The van der Waals surface area contributed by atoms with Crippen LogP contribution in [0.5, 0.6) is 0 Å². The number of aromatic nitrogens is 1. The first-order valence-corrected chi connectivity index (χ1v) is 7.82. The summed E-state index contributed by atoms with van der Waals surface area (Å²) >= 11 is 0. The van der Waals surface area contributed by atoms with Gasteiger partial charge in [-0.15, -0.1) is 0 Å². The number of rotatable bonds is 2. The van der Waals surface area contributed by atoms with Gasteiger partial charge in [0.2, 0.25) is 0 Å². The van der Waals surface area contributed by atoms with Crippen LogP contribution in [0.2, 0.25) is 0 Å². The number of nitrogens with zero attached hydrogens (tertiary/aromatic N) is 1. The van der Waals surface area contributed by atoms with Crippen LogP contribution in [-0.2, 0) is 12.4 Å². The molecule has 0 N–H and O–H groups in total. The molecule has 0 atom stereocenters. The van der Waals surface area contributed by atoms with Crippen molar-refractivity contribution in [3.05, 3.63) is 71.8 Å². The van der Waals surface area contributed by atoms with Gasteiger partial charge in [-0.2, -0.15) is 26.3 Å². The zero-order valence-corrected chi connectivity index (χ0v) is 14.0. The number of alkyl halides is 6. The molecule has 0 fully saturated rings. The molecule has 3 rings (SSSR count). The highest BCUT2D eigenvalue weighted by molar-refractivity contribution is 5.85. The average Bonchev–Trinajstić information content (AvgIpc) is 2.58. The molecule has 0 radical (unpaired) electrons. The van der Waals surface area contributed by atoms with Gasteiger partial charge in [0.15, 0.2) is 0 Å². The minimum Gasteiger partial charge on any atom is -0.248 e. The monoisotopic (exact) mass is 381 g/mol. The Kier molecular flexibility index (Phi) is 4.49. The third kappa shape index (κ3) is 3.97. The molecule has 0 bridgehead atoms. The molecule has 7 heteroatoms. The van der Waals surface area contributed by atoms with E-state index in [1.165, 1.54) is 6.07 Å². The zero-order chi connectivity index (χ0) is 20.0. The number of allylic oxidation sites excluding steroid dienone is 1. The van der Waals surface area contributed by atoms with Crippen molar-refractivity contribution in [2.45, 2.75) is 19.3 Å². The average molecular weight is 381 g/mol. The van der Waals surface area contributed by atoms with Crippen molar-refractivity contribution in [2.75, 3.05) is 0 Å². The fraction of sp³-hybridized carbons (Fsp3) is 0.150. The highest BCUT2D eigenvalue weighted by Gasteiger charge is 2.37. The van der Waals surface area contributed by atoms with Crippen LogP contribution < -0.4 is 0 Å². The maximum absolute atomic E-state index is 13.0. The van der Waals surface area contributed by atoms with E-state index in [0.29, 0.717) is 23.0 Å². The van der Waals surface area contributed by atoms with E-state index in [2.05, 4.69) is 11.6 Å². The van der Waals surface area contributed by atoms with Gasteiger partial charge in [-0.1, -0.05) is 24.3 Å². The maximum Gasteiger partial charge on any atom is 0.416 e. The maximum atomic E-state index is 13.0. The van der Waals surface area contributed by atoms with Gasteiger partial charge < -0.3 is 0 Å². The first kappa shape index (κ1) is 18.9. The lowest BCUT2D eigenvalue weighted by molar-refractivity contribution is -0.143. The van der Waals surface area contributed by atoms with Crippen LogP contribution in [0.25, 0.3) is 27.7 Å². The van der Waals surface area contributed by atoms with Crippen molar-refractivity contribution < 1.29 is 26.3 Å². The van der Waals surface area contributed by atoms with E-state index >= 15 is 0 Å². The number of fused-ring (bicyclic) bond motifs is 1. The normalized spacial score (nSPS) is 12.4. The molecule has 0 aliphatic rings. The van der Waals surface area contributed by atoms with Crippen LogP contribution in [0.3, 0.4) is 0 Å². The molecule has 0 aliphatic heterocycles. The van der Waals surface area contributed by atoms with E-state index in [0.717, 1.165) is 11.1 Å². The SMILES string of the molecule is C=C(C)c1ccc2nc(-c3cc(C(F)(F)F)cc(C(F)(F)F)c3)ccc2c1. The predicted octanol–water partition coefficient (Wildman–Crippen LogP) is 6.97. The van der Waals surface area contributed by atoms with Gasteiger partial charge in [0.1, 0.15) is 0 Å². The minimum absolute atomic E-state index is 0.0298. The fourth-order valence-electron chi connectivity index (χ4n) is 2.65. The third-order valence-corrected chi connectivity index (χ3v) is 4.07. The lowest BCUT2D eigenvalue weighted by atomic mass is 10.0. The van der Waals surface area contributed by atoms with Crippen LogP contribution in [0.15, 0.2) is 55.1 Å². The van der Waals surface area contributed by atoms with Gasteiger partial charge in [-0.25, -0.2) is 4.98 Å². The molecule has 0 spiro atoms. The summed E-state index contributed by atoms with van der Waals surface area (Å²) in [4.78, 5) is 4.23. The number of pyridine rings is 1. The molecule has 0 saturated carbocycles. The zero-order valence-electron chi connectivity index (χ0n) is 14.0. The molecule has 0 aliphatic carbocycles. The first-order chi connectivity index (χ1) is 12.4. The Labute approximate surface area is 151 Å². The largest absolute Gasteiger partial charge is 0.416 e. The fourth-order valence-corrected chi connectivity index (χ4v) is 2.65. The van der Waals surface area contributed by atoms with Crippen LogP contribution >= 0.6 is 0 Å². The van der Waals surface area contributed by atoms with E-state index in [-0.39, 0.29) is 17.3 Å².